The number of nitrogens with zero attached hydrogens (tertiary/aromatic N) is 2. The number of nitrogens with one attached hydrogen (secondary N) is 2. The maximum absolute atomic E-state index is 12.6. The minimum atomic E-state index is -0.757. The van der Waals surface area contributed by atoms with Gasteiger partial charge in [0, 0.05) is 11.4 Å². The number of carbonyl (C=O) groups is 4. The van der Waals surface area contributed by atoms with E-state index in [0.29, 0.717) is 11.4 Å². The van der Waals surface area contributed by atoms with E-state index in [1.807, 2.05) is 0 Å². The van der Waals surface area contributed by atoms with Crippen molar-refractivity contribution in [2.75, 3.05) is 16.8 Å². The fourth-order valence-corrected chi connectivity index (χ4v) is 2.79. The van der Waals surface area contributed by atoms with Crippen molar-refractivity contribution in [1.82, 2.24) is 10.2 Å². The van der Waals surface area contributed by atoms with Crippen LogP contribution in [0.2, 0.25) is 0 Å². The quantitative estimate of drug-likeness (QED) is 0.810. The zero-order valence-corrected chi connectivity index (χ0v) is 14.6. The molecule has 1 unspecified atom stereocenters. The van der Waals surface area contributed by atoms with Gasteiger partial charge in [-0.05, 0) is 31.2 Å². The van der Waals surface area contributed by atoms with Crippen molar-refractivity contribution >= 4 is 35.3 Å². The van der Waals surface area contributed by atoms with Gasteiger partial charge in [0.25, 0.3) is 5.91 Å². The lowest BCUT2D eigenvalue weighted by Gasteiger charge is -2.19. The first-order valence-electron chi connectivity index (χ1n) is 8.33. The molecule has 1 atom stereocenters. The van der Waals surface area contributed by atoms with Crippen molar-refractivity contribution in [2.45, 2.75) is 13.0 Å². The first kappa shape index (κ1) is 18.1. The number of hydrogen-bond donors (Lipinski definition) is 2. The molecule has 0 saturated carbocycles. The highest BCUT2D eigenvalue weighted by Crippen LogP contribution is 2.25. The summed E-state index contributed by atoms with van der Waals surface area (Å²) in [7, 11) is 0. The van der Waals surface area contributed by atoms with Crippen molar-refractivity contribution in [2.24, 2.45) is 0 Å². The van der Waals surface area contributed by atoms with Crippen molar-refractivity contribution in [3.63, 3.8) is 0 Å². The molecule has 1 fully saturated rings. The zero-order valence-electron chi connectivity index (χ0n) is 14.6. The molecule has 0 spiro atoms. The van der Waals surface area contributed by atoms with Crippen molar-refractivity contribution in [1.29, 1.82) is 0 Å². The molecule has 0 radical (unpaired) electrons. The molecule has 1 aliphatic rings. The highest BCUT2D eigenvalue weighted by molar-refractivity contribution is 6.16. The lowest BCUT2D eigenvalue weighted by Crippen LogP contribution is -2.44. The molecule has 0 aromatic heterocycles. The van der Waals surface area contributed by atoms with Crippen molar-refractivity contribution in [3.8, 4) is 0 Å². The predicted octanol–water partition coefficient (Wildman–Crippen LogP) is 2.19. The molecule has 2 aromatic rings. The second-order valence-electron chi connectivity index (χ2n) is 5.96. The van der Waals surface area contributed by atoms with Gasteiger partial charge in [-0.1, -0.05) is 36.4 Å². The summed E-state index contributed by atoms with van der Waals surface area (Å²) in [5.74, 6) is -1.25. The Bertz CT molecular complexity index is 870. The highest BCUT2D eigenvalue weighted by atomic mass is 16.2. The third-order valence-electron chi connectivity index (χ3n) is 4.07. The molecule has 0 bridgehead atoms. The summed E-state index contributed by atoms with van der Waals surface area (Å²) in [6.07, 6.45) is 0. The normalized spacial score (nSPS) is 16.4. The van der Waals surface area contributed by atoms with Crippen LogP contribution in [-0.2, 0) is 9.59 Å². The van der Waals surface area contributed by atoms with Gasteiger partial charge in [-0.25, -0.2) is 9.59 Å². The van der Waals surface area contributed by atoms with Crippen LogP contribution in [0.5, 0.6) is 0 Å². The largest absolute Gasteiger partial charge is 0.332 e. The molecule has 1 heterocycles. The Balaban J connectivity index is 1.63. The van der Waals surface area contributed by atoms with E-state index in [1.54, 1.807) is 67.6 Å². The Kier molecular flexibility index (Phi) is 5.16. The Morgan fingerprint density at radius 2 is 1.56 bits per heavy atom. The van der Waals surface area contributed by atoms with Gasteiger partial charge in [0.15, 0.2) is 0 Å². The molecule has 8 nitrogen and oxygen atoms in total. The Hall–Kier alpha value is -3.68. The fourth-order valence-electron chi connectivity index (χ4n) is 2.79. The monoisotopic (exact) mass is 366 g/mol. The summed E-state index contributed by atoms with van der Waals surface area (Å²) in [6.45, 7) is 1.06. The van der Waals surface area contributed by atoms with Gasteiger partial charge >= 0.3 is 12.1 Å². The molecule has 2 N–H and O–H groups in total. The minimum Gasteiger partial charge on any atom is -0.308 e. The summed E-state index contributed by atoms with van der Waals surface area (Å²) in [5.41, 5.74) is 1.08. The van der Waals surface area contributed by atoms with E-state index in [4.69, 9.17) is 0 Å². The Labute approximate surface area is 155 Å². The molecule has 2 aromatic carbocycles. The van der Waals surface area contributed by atoms with Crippen molar-refractivity contribution < 1.29 is 19.2 Å². The van der Waals surface area contributed by atoms with E-state index in [1.165, 1.54) is 4.90 Å². The number of anilines is 2. The maximum atomic E-state index is 12.6. The van der Waals surface area contributed by atoms with Gasteiger partial charge < -0.3 is 5.32 Å². The topological polar surface area (TPSA) is 98.8 Å². The molecule has 3 rings (SSSR count). The molecule has 8 heteroatoms. The number of hydrogen-bond acceptors (Lipinski definition) is 4. The van der Waals surface area contributed by atoms with E-state index in [-0.39, 0.29) is 0 Å². The van der Waals surface area contributed by atoms with E-state index >= 15 is 0 Å². The van der Waals surface area contributed by atoms with Gasteiger partial charge in [-0.2, -0.15) is 0 Å². The Morgan fingerprint density at radius 3 is 2.19 bits per heavy atom. The van der Waals surface area contributed by atoms with Crippen LogP contribution < -0.4 is 15.5 Å². The highest BCUT2D eigenvalue weighted by Gasteiger charge is 2.44. The number of para-hydroxylation sites is 2. The molecule has 138 valence electrons. The average Bonchev–Trinajstić information content (AvgIpc) is 2.86. The van der Waals surface area contributed by atoms with E-state index < -0.39 is 36.5 Å². The number of amides is 6. The summed E-state index contributed by atoms with van der Waals surface area (Å²) in [6, 6.07) is 15.2. The third-order valence-corrected chi connectivity index (χ3v) is 4.07. The van der Waals surface area contributed by atoms with Gasteiger partial charge in [0.1, 0.15) is 12.6 Å². The Morgan fingerprint density at radius 1 is 0.963 bits per heavy atom. The minimum absolute atomic E-state index is 0.498. The lowest BCUT2D eigenvalue weighted by molar-refractivity contribution is -0.131. The van der Waals surface area contributed by atoms with E-state index in [9.17, 15) is 19.2 Å². The SMILES string of the molecule is CC1C(=O)N(CC(=O)NC(=O)Nc2ccccc2)C(=O)N1c1ccccc1. The van der Waals surface area contributed by atoms with E-state index in [0.717, 1.165) is 4.90 Å². The molecule has 1 saturated heterocycles. The standard InChI is InChI=1S/C19H18N4O4/c1-13-17(25)22(19(27)23(13)15-10-6-3-7-11-15)12-16(24)21-18(26)20-14-8-4-2-5-9-14/h2-11,13H,12H2,1H3,(H2,20,21,24,26). The maximum Gasteiger partial charge on any atom is 0.332 e. The molecular formula is C19H18N4O4. The fraction of sp³-hybridized carbons (Fsp3) is 0.158. The summed E-state index contributed by atoms with van der Waals surface area (Å²) in [5, 5.41) is 4.61. The van der Waals surface area contributed by atoms with E-state index in [2.05, 4.69) is 10.6 Å². The van der Waals surface area contributed by atoms with Crippen LogP contribution in [0, 0.1) is 0 Å². The number of urea groups is 2. The lowest BCUT2D eigenvalue weighted by atomic mass is 10.2. The summed E-state index contributed by atoms with van der Waals surface area (Å²) >= 11 is 0. The molecule has 0 aliphatic carbocycles. The van der Waals surface area contributed by atoms with Crippen molar-refractivity contribution in [3.05, 3.63) is 60.7 Å². The van der Waals surface area contributed by atoms with Crippen LogP contribution in [0.3, 0.4) is 0 Å². The first-order chi connectivity index (χ1) is 13.0. The van der Waals surface area contributed by atoms with Crippen LogP contribution >= 0.6 is 0 Å². The third kappa shape index (κ3) is 3.95. The first-order valence-corrected chi connectivity index (χ1v) is 8.33. The second kappa shape index (κ2) is 7.69. The number of carbonyl (C=O) groups excluding carboxylic acids is 4. The van der Waals surface area contributed by atoms with Gasteiger partial charge in [0.2, 0.25) is 5.91 Å². The molecule has 1 aliphatic heterocycles. The van der Waals surface area contributed by atoms with Gasteiger partial charge in [-0.15, -0.1) is 0 Å². The van der Waals surface area contributed by atoms with Gasteiger partial charge in [-0.3, -0.25) is 24.7 Å². The van der Waals surface area contributed by atoms with Gasteiger partial charge in [0.05, 0.1) is 0 Å². The smallest absolute Gasteiger partial charge is 0.308 e. The molecular weight excluding hydrogens is 348 g/mol. The predicted molar refractivity (Wildman–Crippen MR) is 99.1 cm³/mol. The van der Waals surface area contributed by atoms with Crippen LogP contribution in [0.15, 0.2) is 60.7 Å². The summed E-state index contributed by atoms with van der Waals surface area (Å²) < 4.78 is 0. The second-order valence-corrected chi connectivity index (χ2v) is 5.96. The molecule has 27 heavy (non-hydrogen) atoms. The number of imide groups is 2. The summed E-state index contributed by atoms with van der Waals surface area (Å²) in [4.78, 5) is 51.1. The zero-order chi connectivity index (χ0) is 19.4. The average molecular weight is 366 g/mol. The van der Waals surface area contributed by atoms with Crippen LogP contribution in [0.25, 0.3) is 0 Å². The van der Waals surface area contributed by atoms with Crippen LogP contribution in [-0.4, -0.2) is 41.4 Å². The number of benzene rings is 2. The van der Waals surface area contributed by atoms with Crippen LogP contribution in [0.4, 0.5) is 21.0 Å². The number of rotatable bonds is 4. The van der Waals surface area contributed by atoms with Crippen LogP contribution in [0.1, 0.15) is 6.92 Å². The molecule has 6 amide bonds.